The molecule has 1 aliphatic rings. The van der Waals surface area contributed by atoms with E-state index in [4.69, 9.17) is 16.3 Å². The highest BCUT2D eigenvalue weighted by atomic mass is 35.5. The highest BCUT2D eigenvalue weighted by molar-refractivity contribution is 6.63. The molecule has 1 aliphatic carbocycles. The predicted octanol–water partition coefficient (Wildman–Crippen LogP) is 3.23. The fourth-order valence-electron chi connectivity index (χ4n) is 2.85. The zero-order valence-electron chi connectivity index (χ0n) is 9.83. The standard InChI is InChI=1S/C12H21ClO2/c1-8(2)12-9(3)5-4-6-10(12)15-7-11(13)14/h8-10,12H,4-7H2,1-3H3. The Morgan fingerprint density at radius 2 is 2.13 bits per heavy atom. The third-order valence-electron chi connectivity index (χ3n) is 3.42. The summed E-state index contributed by atoms with van der Waals surface area (Å²) in [4.78, 5) is 10.7. The molecule has 0 aliphatic heterocycles. The number of carbonyl (C=O) groups excluding carboxylic acids is 1. The van der Waals surface area contributed by atoms with Crippen molar-refractivity contribution >= 4 is 16.8 Å². The molecule has 0 aromatic carbocycles. The van der Waals surface area contributed by atoms with Crippen LogP contribution in [-0.2, 0) is 9.53 Å². The van der Waals surface area contributed by atoms with Crippen LogP contribution < -0.4 is 0 Å². The number of hydrogen-bond donors (Lipinski definition) is 0. The zero-order valence-corrected chi connectivity index (χ0v) is 10.6. The van der Waals surface area contributed by atoms with Gasteiger partial charge in [-0.2, -0.15) is 0 Å². The first-order valence-corrected chi connectivity index (χ1v) is 6.20. The number of halogens is 1. The first kappa shape index (κ1) is 13.0. The van der Waals surface area contributed by atoms with Crippen molar-refractivity contribution in [2.75, 3.05) is 6.61 Å². The molecular formula is C12H21ClO2. The van der Waals surface area contributed by atoms with Crippen molar-refractivity contribution in [1.82, 2.24) is 0 Å². The maximum atomic E-state index is 10.7. The van der Waals surface area contributed by atoms with E-state index in [9.17, 15) is 4.79 Å². The summed E-state index contributed by atoms with van der Waals surface area (Å²) in [5.41, 5.74) is 0. The van der Waals surface area contributed by atoms with Crippen molar-refractivity contribution in [3.63, 3.8) is 0 Å². The molecule has 1 fully saturated rings. The Hall–Kier alpha value is -0.0800. The summed E-state index contributed by atoms with van der Waals surface area (Å²) in [5, 5.41) is -0.393. The predicted molar refractivity (Wildman–Crippen MR) is 61.9 cm³/mol. The smallest absolute Gasteiger partial charge is 0.247 e. The lowest BCUT2D eigenvalue weighted by Crippen LogP contribution is -2.37. The summed E-state index contributed by atoms with van der Waals surface area (Å²) >= 11 is 5.30. The van der Waals surface area contributed by atoms with Crippen LogP contribution in [-0.4, -0.2) is 18.0 Å². The van der Waals surface area contributed by atoms with Crippen LogP contribution in [0.4, 0.5) is 0 Å². The number of rotatable bonds is 4. The van der Waals surface area contributed by atoms with E-state index in [1.54, 1.807) is 0 Å². The van der Waals surface area contributed by atoms with E-state index in [2.05, 4.69) is 20.8 Å². The van der Waals surface area contributed by atoms with E-state index in [-0.39, 0.29) is 12.7 Å². The van der Waals surface area contributed by atoms with E-state index in [1.807, 2.05) is 0 Å². The Bertz CT molecular complexity index is 216. The van der Waals surface area contributed by atoms with Gasteiger partial charge in [-0.25, -0.2) is 0 Å². The van der Waals surface area contributed by atoms with Gasteiger partial charge in [0.2, 0.25) is 5.24 Å². The largest absolute Gasteiger partial charge is 0.369 e. The van der Waals surface area contributed by atoms with Crippen LogP contribution >= 0.6 is 11.6 Å². The molecule has 1 saturated carbocycles. The first-order valence-electron chi connectivity index (χ1n) is 5.82. The van der Waals surface area contributed by atoms with Gasteiger partial charge in [0.15, 0.2) is 0 Å². The summed E-state index contributed by atoms with van der Waals surface area (Å²) in [7, 11) is 0. The SMILES string of the molecule is CC(C)C1C(C)CCCC1OCC(=O)Cl. The molecule has 15 heavy (non-hydrogen) atoms. The molecule has 0 bridgehead atoms. The molecule has 0 saturated heterocycles. The third-order valence-corrected chi connectivity index (χ3v) is 3.52. The van der Waals surface area contributed by atoms with Crippen LogP contribution in [0.5, 0.6) is 0 Å². The van der Waals surface area contributed by atoms with E-state index in [0.29, 0.717) is 17.8 Å². The summed E-state index contributed by atoms with van der Waals surface area (Å²) < 4.78 is 5.61. The Kier molecular flexibility index (Phi) is 5.07. The molecule has 3 atom stereocenters. The molecule has 2 nitrogen and oxygen atoms in total. The lowest BCUT2D eigenvalue weighted by molar-refractivity contribution is -0.122. The molecule has 3 unspecified atom stereocenters. The van der Waals surface area contributed by atoms with E-state index in [0.717, 1.165) is 6.42 Å². The number of hydrogen-bond acceptors (Lipinski definition) is 2. The van der Waals surface area contributed by atoms with Crippen molar-refractivity contribution < 1.29 is 9.53 Å². The molecule has 0 radical (unpaired) electrons. The van der Waals surface area contributed by atoms with Crippen LogP contribution in [0.1, 0.15) is 40.0 Å². The minimum absolute atomic E-state index is 0.0577. The molecule has 88 valence electrons. The van der Waals surface area contributed by atoms with Gasteiger partial charge in [0.25, 0.3) is 0 Å². The fourth-order valence-corrected chi connectivity index (χ4v) is 2.91. The lowest BCUT2D eigenvalue weighted by Gasteiger charge is -2.38. The van der Waals surface area contributed by atoms with Gasteiger partial charge < -0.3 is 4.74 Å². The molecule has 0 heterocycles. The fraction of sp³-hybridized carbons (Fsp3) is 0.917. The zero-order chi connectivity index (χ0) is 11.4. The summed E-state index contributed by atoms with van der Waals surface area (Å²) in [5.74, 6) is 1.86. The molecule has 0 aromatic rings. The Morgan fingerprint density at radius 1 is 1.47 bits per heavy atom. The maximum absolute atomic E-state index is 10.7. The third kappa shape index (κ3) is 3.76. The van der Waals surface area contributed by atoms with Crippen LogP contribution in [0.3, 0.4) is 0 Å². The molecule has 1 rings (SSSR count). The van der Waals surface area contributed by atoms with Gasteiger partial charge in [0.05, 0.1) is 6.10 Å². The van der Waals surface area contributed by atoms with E-state index >= 15 is 0 Å². The van der Waals surface area contributed by atoms with Crippen molar-refractivity contribution in [2.45, 2.75) is 46.1 Å². The quantitative estimate of drug-likeness (QED) is 0.696. The van der Waals surface area contributed by atoms with Crippen molar-refractivity contribution in [2.24, 2.45) is 17.8 Å². The molecule has 0 amide bonds. The Morgan fingerprint density at radius 3 is 2.67 bits per heavy atom. The average Bonchev–Trinajstić information content (AvgIpc) is 2.13. The molecule has 0 aromatic heterocycles. The van der Waals surface area contributed by atoms with Gasteiger partial charge in [0, 0.05) is 0 Å². The van der Waals surface area contributed by atoms with Crippen molar-refractivity contribution in [3.05, 3.63) is 0 Å². The summed E-state index contributed by atoms with van der Waals surface area (Å²) in [6.07, 6.45) is 3.76. The topological polar surface area (TPSA) is 26.3 Å². The Labute approximate surface area is 97.3 Å². The number of ether oxygens (including phenoxy) is 1. The monoisotopic (exact) mass is 232 g/mol. The second-order valence-corrected chi connectivity index (χ2v) is 5.36. The van der Waals surface area contributed by atoms with Gasteiger partial charge in [-0.15, -0.1) is 0 Å². The van der Waals surface area contributed by atoms with Gasteiger partial charge in [-0.1, -0.05) is 33.6 Å². The van der Waals surface area contributed by atoms with Gasteiger partial charge in [-0.3, -0.25) is 4.79 Å². The maximum Gasteiger partial charge on any atom is 0.247 e. The highest BCUT2D eigenvalue weighted by Crippen LogP contribution is 2.36. The lowest BCUT2D eigenvalue weighted by atomic mass is 9.72. The van der Waals surface area contributed by atoms with E-state index in [1.165, 1.54) is 12.8 Å². The molecule has 0 spiro atoms. The summed E-state index contributed by atoms with van der Waals surface area (Å²) in [6, 6.07) is 0. The Balaban J connectivity index is 2.54. The molecule has 0 N–H and O–H groups in total. The van der Waals surface area contributed by atoms with Crippen LogP contribution in [0.25, 0.3) is 0 Å². The first-order chi connectivity index (χ1) is 7.02. The number of carbonyl (C=O) groups is 1. The van der Waals surface area contributed by atoms with Crippen molar-refractivity contribution in [1.29, 1.82) is 0 Å². The second-order valence-electron chi connectivity index (χ2n) is 4.93. The second kappa shape index (κ2) is 5.86. The minimum Gasteiger partial charge on any atom is -0.369 e. The van der Waals surface area contributed by atoms with Crippen molar-refractivity contribution in [3.8, 4) is 0 Å². The average molecular weight is 233 g/mol. The molecular weight excluding hydrogens is 212 g/mol. The van der Waals surface area contributed by atoms with Crippen LogP contribution in [0, 0.1) is 17.8 Å². The van der Waals surface area contributed by atoms with Gasteiger partial charge >= 0.3 is 0 Å². The van der Waals surface area contributed by atoms with E-state index < -0.39 is 5.24 Å². The molecule has 3 heteroatoms. The summed E-state index contributed by atoms with van der Waals surface area (Å²) in [6.45, 7) is 6.79. The van der Waals surface area contributed by atoms with Crippen LogP contribution in [0.15, 0.2) is 0 Å². The normalized spacial score (nSPS) is 31.9. The minimum atomic E-state index is -0.393. The van der Waals surface area contributed by atoms with Gasteiger partial charge in [-0.05, 0) is 35.8 Å². The van der Waals surface area contributed by atoms with Crippen LogP contribution in [0.2, 0.25) is 0 Å². The van der Waals surface area contributed by atoms with Gasteiger partial charge in [0.1, 0.15) is 6.61 Å². The highest BCUT2D eigenvalue weighted by Gasteiger charge is 2.33.